The van der Waals surface area contributed by atoms with Gasteiger partial charge < -0.3 is 10.2 Å². The molecule has 0 fully saturated rings. The summed E-state index contributed by atoms with van der Waals surface area (Å²) < 4.78 is 0. The van der Waals surface area contributed by atoms with Gasteiger partial charge in [0.05, 0.1) is 0 Å². The first kappa shape index (κ1) is 25.4. The third-order valence-electron chi connectivity index (χ3n) is 5.02. The largest absolute Gasteiger partial charge is 0.507 e. The molecule has 2 N–H and O–H groups in total. The first-order valence-corrected chi connectivity index (χ1v) is 12.7. The lowest BCUT2D eigenvalue weighted by Crippen LogP contribution is -1.96. The van der Waals surface area contributed by atoms with E-state index in [1.54, 1.807) is 62.4 Å². The highest BCUT2D eigenvalue weighted by atomic mass is 32.2. The number of phenolic OH excluding ortho intramolecular Hbond substituents is 2. The monoisotopic (exact) mass is 490 g/mol. The summed E-state index contributed by atoms with van der Waals surface area (Å²) in [6.07, 6.45) is 3.38. The molecule has 0 bridgehead atoms. The molecule has 34 heavy (non-hydrogen) atoms. The van der Waals surface area contributed by atoms with Crippen LogP contribution in [0.15, 0.2) is 83.9 Å². The highest BCUT2D eigenvalue weighted by Crippen LogP contribution is 2.25. The Morgan fingerprint density at radius 2 is 1.00 bits per heavy atom. The maximum atomic E-state index is 12.4. The van der Waals surface area contributed by atoms with Gasteiger partial charge in [-0.05, 0) is 49.3 Å². The average molecular weight is 491 g/mol. The fourth-order valence-corrected chi connectivity index (χ4v) is 4.61. The Kier molecular flexibility index (Phi) is 9.19. The number of thioether (sulfide) groups is 2. The van der Waals surface area contributed by atoms with Crippen LogP contribution in [0.2, 0.25) is 0 Å². The summed E-state index contributed by atoms with van der Waals surface area (Å²) in [6, 6.07) is 21.7. The van der Waals surface area contributed by atoms with Crippen molar-refractivity contribution in [1.29, 1.82) is 0 Å². The molecule has 0 saturated carbocycles. The van der Waals surface area contributed by atoms with E-state index in [0.717, 1.165) is 11.1 Å². The van der Waals surface area contributed by atoms with E-state index < -0.39 is 0 Å². The van der Waals surface area contributed by atoms with Crippen LogP contribution < -0.4 is 0 Å². The molecule has 0 atom stereocenters. The van der Waals surface area contributed by atoms with Crippen molar-refractivity contribution in [3.8, 4) is 11.5 Å². The third-order valence-corrected chi connectivity index (χ3v) is 7.15. The second kappa shape index (κ2) is 12.3. The normalized spacial score (nSPS) is 11.9. The van der Waals surface area contributed by atoms with E-state index in [-0.39, 0.29) is 21.7 Å². The van der Waals surface area contributed by atoms with Crippen LogP contribution >= 0.6 is 23.5 Å². The smallest absolute Gasteiger partial charge is 0.215 e. The molecule has 3 aromatic rings. The maximum absolute atomic E-state index is 12.4. The van der Waals surface area contributed by atoms with Gasteiger partial charge in [-0.2, -0.15) is 0 Å². The zero-order valence-electron chi connectivity index (χ0n) is 19.0. The summed E-state index contributed by atoms with van der Waals surface area (Å²) in [5, 5.41) is 19.6. The minimum atomic E-state index is -0.0415. The molecule has 4 nitrogen and oxygen atoms in total. The molecule has 0 aliphatic rings. The number of para-hydroxylation sites is 2. The van der Waals surface area contributed by atoms with E-state index in [4.69, 9.17) is 0 Å². The van der Waals surface area contributed by atoms with Gasteiger partial charge in [-0.15, -0.1) is 0 Å². The first-order chi connectivity index (χ1) is 16.3. The molecule has 0 aliphatic heterocycles. The van der Waals surface area contributed by atoms with Crippen LogP contribution in [-0.4, -0.2) is 20.4 Å². The summed E-state index contributed by atoms with van der Waals surface area (Å²) in [6.45, 7) is 3.49. The fourth-order valence-electron chi connectivity index (χ4n) is 3.06. The van der Waals surface area contributed by atoms with Crippen LogP contribution in [0.1, 0.15) is 36.1 Å². The topological polar surface area (TPSA) is 74.6 Å². The number of rotatable bonds is 8. The molecular formula is C28H26O4S2. The number of hydrogen-bond acceptors (Lipinski definition) is 6. The summed E-state index contributed by atoms with van der Waals surface area (Å²) in [5.41, 5.74) is 4.43. The minimum absolute atomic E-state index is 0.0415. The van der Waals surface area contributed by atoms with Gasteiger partial charge in [-0.25, -0.2) is 0 Å². The van der Waals surface area contributed by atoms with E-state index >= 15 is 0 Å². The second-order valence-corrected chi connectivity index (χ2v) is 9.64. The Balaban J connectivity index is 1.50. The van der Waals surface area contributed by atoms with Gasteiger partial charge in [-0.1, -0.05) is 84.2 Å². The van der Waals surface area contributed by atoms with E-state index in [1.165, 1.54) is 23.5 Å². The van der Waals surface area contributed by atoms with Crippen molar-refractivity contribution in [1.82, 2.24) is 0 Å². The lowest BCUT2D eigenvalue weighted by atomic mass is 10.1. The van der Waals surface area contributed by atoms with Gasteiger partial charge in [-0.3, -0.25) is 9.59 Å². The van der Waals surface area contributed by atoms with E-state index in [1.807, 2.05) is 36.4 Å². The highest BCUT2D eigenvalue weighted by Gasteiger charge is 2.10. The Morgan fingerprint density at radius 3 is 1.35 bits per heavy atom. The van der Waals surface area contributed by atoms with E-state index in [2.05, 4.69) is 0 Å². The summed E-state index contributed by atoms with van der Waals surface area (Å²) >= 11 is 2.43. The van der Waals surface area contributed by atoms with E-state index in [9.17, 15) is 19.8 Å². The molecule has 6 heteroatoms. The average Bonchev–Trinajstić information content (AvgIpc) is 2.84. The van der Waals surface area contributed by atoms with Crippen molar-refractivity contribution in [3.63, 3.8) is 0 Å². The van der Waals surface area contributed by atoms with Crippen molar-refractivity contribution in [2.45, 2.75) is 25.4 Å². The first-order valence-electron chi connectivity index (χ1n) is 10.7. The number of hydrogen-bond donors (Lipinski definition) is 2. The van der Waals surface area contributed by atoms with Crippen molar-refractivity contribution in [3.05, 3.63) is 106 Å². The molecule has 0 spiro atoms. The van der Waals surface area contributed by atoms with Gasteiger partial charge in [0.1, 0.15) is 11.5 Å². The van der Waals surface area contributed by atoms with E-state index in [0.29, 0.717) is 33.8 Å². The van der Waals surface area contributed by atoms with Crippen LogP contribution in [0.25, 0.3) is 12.2 Å². The van der Waals surface area contributed by atoms with Crippen LogP contribution in [0.4, 0.5) is 0 Å². The zero-order chi connectivity index (χ0) is 24.5. The second-order valence-electron chi connectivity index (χ2n) is 7.74. The fraction of sp³-hybridized carbons (Fsp3) is 0.143. The molecule has 3 aromatic carbocycles. The molecule has 0 aliphatic carbocycles. The van der Waals surface area contributed by atoms with Crippen LogP contribution in [0.3, 0.4) is 0 Å². The standard InChI is InChI=1S/C28H26O4S2/c1-19(15-23-7-3-5-9-25(23)29)27(31)33-17-21-11-13-22(14-12-21)18-34-28(32)20(2)16-24-8-4-6-10-26(24)30/h3-16,29-30H,17-18H2,1-2H3/b19-15+,20-16+. The molecule has 0 aromatic heterocycles. The Bertz CT molecular complexity index is 1130. The third kappa shape index (κ3) is 7.40. The number of benzene rings is 3. The quantitative estimate of drug-likeness (QED) is 0.337. The molecule has 0 amide bonds. The van der Waals surface area contributed by atoms with Gasteiger partial charge in [0.15, 0.2) is 0 Å². The predicted molar refractivity (Wildman–Crippen MR) is 143 cm³/mol. The van der Waals surface area contributed by atoms with Crippen molar-refractivity contribution < 1.29 is 19.8 Å². The van der Waals surface area contributed by atoms with Gasteiger partial charge in [0.2, 0.25) is 10.2 Å². The summed E-state index contributed by atoms with van der Waals surface area (Å²) in [7, 11) is 0. The minimum Gasteiger partial charge on any atom is -0.507 e. The Labute approximate surface area is 208 Å². The molecule has 3 rings (SSSR count). The lowest BCUT2D eigenvalue weighted by molar-refractivity contribution is -0.108. The molecule has 0 unspecified atom stereocenters. The molecule has 174 valence electrons. The molecule has 0 saturated heterocycles. The number of carbonyl (C=O) groups excluding carboxylic acids is 2. The SMILES string of the molecule is C/C(=C\c1ccccc1O)C(=O)SCc1ccc(CSC(=O)/C(C)=C/c2ccccc2O)cc1. The lowest BCUT2D eigenvalue weighted by Gasteiger charge is -2.06. The highest BCUT2D eigenvalue weighted by molar-refractivity contribution is 8.13. The number of phenols is 2. The Morgan fingerprint density at radius 1 is 0.647 bits per heavy atom. The molecular weight excluding hydrogens is 464 g/mol. The van der Waals surface area contributed by atoms with Crippen molar-refractivity contribution in [2.24, 2.45) is 0 Å². The van der Waals surface area contributed by atoms with Gasteiger partial charge >= 0.3 is 0 Å². The summed E-state index contributed by atoms with van der Waals surface area (Å²) in [5.74, 6) is 1.38. The van der Waals surface area contributed by atoms with Crippen molar-refractivity contribution in [2.75, 3.05) is 0 Å². The van der Waals surface area contributed by atoms with Gasteiger partial charge in [0.25, 0.3) is 0 Å². The maximum Gasteiger partial charge on any atom is 0.215 e. The summed E-state index contributed by atoms with van der Waals surface area (Å²) in [4.78, 5) is 24.9. The number of carbonyl (C=O) groups is 2. The van der Waals surface area contributed by atoms with Crippen LogP contribution in [-0.2, 0) is 21.1 Å². The molecule has 0 radical (unpaired) electrons. The molecule has 0 heterocycles. The van der Waals surface area contributed by atoms with Crippen LogP contribution in [0.5, 0.6) is 11.5 Å². The predicted octanol–water partition coefficient (Wildman–Crippen LogP) is 6.82. The van der Waals surface area contributed by atoms with Gasteiger partial charge in [0, 0.05) is 33.8 Å². The van der Waals surface area contributed by atoms with Crippen LogP contribution in [0, 0.1) is 0 Å². The Hall–Kier alpha value is -3.22. The van der Waals surface area contributed by atoms with Crippen molar-refractivity contribution >= 4 is 45.9 Å². The number of aromatic hydroxyl groups is 2. The zero-order valence-corrected chi connectivity index (χ0v) is 20.7.